The zero-order valence-corrected chi connectivity index (χ0v) is 39.1. The van der Waals surface area contributed by atoms with E-state index in [1.165, 1.54) is 5.57 Å². The zero-order chi connectivity index (χ0) is 44.6. The van der Waals surface area contributed by atoms with Gasteiger partial charge in [-0.25, -0.2) is 0 Å². The number of aliphatic carboxylic acids is 1. The van der Waals surface area contributed by atoms with Gasteiger partial charge in [0.05, 0.1) is 17.4 Å². The average molecular weight is 873 g/mol. The number of ether oxygens (including phenoxy) is 1. The Bertz CT molecular complexity index is 2130. The lowest BCUT2D eigenvalue weighted by atomic mass is 9.25. The predicted molar refractivity (Wildman–Crippen MR) is 237 cm³/mol. The van der Waals surface area contributed by atoms with E-state index in [1.807, 2.05) is 13.8 Å². The van der Waals surface area contributed by atoms with Crippen molar-refractivity contribution in [1.29, 1.82) is 0 Å². The molecule has 2 amide bonds. The maximum atomic E-state index is 14.3. The van der Waals surface area contributed by atoms with E-state index in [2.05, 4.69) is 57.5 Å². The van der Waals surface area contributed by atoms with Crippen LogP contribution in [0.1, 0.15) is 149 Å². The van der Waals surface area contributed by atoms with Gasteiger partial charge < -0.3 is 25.8 Å². The number of carboxylic acids is 1. The van der Waals surface area contributed by atoms with Crippen LogP contribution in [0.3, 0.4) is 0 Å². The van der Waals surface area contributed by atoms with Gasteiger partial charge in [0.15, 0.2) is 5.78 Å². The Morgan fingerprint density at radius 1 is 0.839 bits per heavy atom. The van der Waals surface area contributed by atoms with Crippen molar-refractivity contribution in [2.24, 2.45) is 67.5 Å². The number of carbonyl (C=O) groups excluding carboxylic acids is 4. The Hall–Kier alpha value is -3.24. The summed E-state index contributed by atoms with van der Waals surface area (Å²) in [7, 11) is 0. The third-order valence-corrected chi connectivity index (χ3v) is 20.9. The summed E-state index contributed by atoms with van der Waals surface area (Å²) in [5.74, 6) is -1.22. The zero-order valence-electron chi connectivity index (χ0n) is 38.4. The molecule has 9 rings (SSSR count). The summed E-state index contributed by atoms with van der Waals surface area (Å²) in [6.45, 7) is 19.6. The second kappa shape index (κ2) is 14.4. The number of ketones is 1. The Kier molecular flexibility index (Phi) is 10.2. The molecule has 6 saturated carbocycles. The molecule has 62 heavy (non-hydrogen) atoms. The molecule has 0 aromatic heterocycles. The van der Waals surface area contributed by atoms with E-state index in [0.717, 1.165) is 69.8 Å². The lowest BCUT2D eigenvalue weighted by Gasteiger charge is -2.79. The molecule has 1 spiro atoms. The van der Waals surface area contributed by atoms with Crippen LogP contribution < -0.4 is 16.0 Å². The van der Waals surface area contributed by atoms with E-state index in [-0.39, 0.29) is 80.9 Å². The fraction of sp³-hybridized carbons (Fsp3) is 0.745. The van der Waals surface area contributed by atoms with E-state index in [4.69, 9.17) is 16.3 Å². The molecule has 11 heteroatoms. The number of benzene rings is 1. The maximum Gasteiger partial charge on any atom is 0.309 e. The highest BCUT2D eigenvalue weighted by Crippen LogP contribution is 2.84. The molecule has 1 aliphatic heterocycles. The average Bonchev–Trinajstić information content (AvgIpc) is 3.47. The molecule has 4 N–H and O–H groups in total. The van der Waals surface area contributed by atoms with E-state index >= 15 is 0 Å². The first-order valence-corrected chi connectivity index (χ1v) is 24.2. The molecule has 7 fully saturated rings. The van der Waals surface area contributed by atoms with Crippen LogP contribution in [-0.2, 0) is 23.9 Å². The van der Waals surface area contributed by atoms with Crippen LogP contribution >= 0.6 is 11.6 Å². The van der Waals surface area contributed by atoms with Crippen LogP contribution in [0.2, 0.25) is 5.02 Å². The molecule has 10 nitrogen and oxygen atoms in total. The van der Waals surface area contributed by atoms with Gasteiger partial charge >= 0.3 is 11.9 Å². The molecule has 1 heterocycles. The monoisotopic (exact) mass is 871 g/mol. The molecule has 0 radical (unpaired) electrons. The third-order valence-electron chi connectivity index (χ3n) is 20.7. The van der Waals surface area contributed by atoms with Gasteiger partial charge in [-0.1, -0.05) is 72.6 Å². The molecular weight excluding hydrogens is 802 g/mol. The van der Waals surface area contributed by atoms with Gasteiger partial charge in [-0.3, -0.25) is 24.0 Å². The van der Waals surface area contributed by atoms with E-state index in [0.29, 0.717) is 49.0 Å². The number of nitrogens with one attached hydrogen (secondary N) is 3. The number of esters is 1. The normalized spacial score (nSPS) is 42.0. The van der Waals surface area contributed by atoms with Gasteiger partial charge in [0, 0.05) is 53.9 Å². The Morgan fingerprint density at radius 3 is 2.10 bits per heavy atom. The van der Waals surface area contributed by atoms with Crippen molar-refractivity contribution < 1.29 is 33.8 Å². The first-order valence-electron chi connectivity index (χ1n) is 23.8. The quantitative estimate of drug-likeness (QED) is 0.171. The summed E-state index contributed by atoms with van der Waals surface area (Å²) in [6.07, 6.45) is 10.9. The number of halogens is 1. The number of hydrogen-bond donors (Lipinski definition) is 4. The fourth-order valence-electron chi connectivity index (χ4n) is 16.5. The molecule has 0 bridgehead atoms. The van der Waals surface area contributed by atoms with Crippen molar-refractivity contribution in [3.63, 3.8) is 0 Å². The SMILES string of the molecule is CC(C)C1=C2[C@H]3CC[C@H]4C(C)(CC[C@@]56CC[C@]5(C)[C@@H](OC(=O)[C@H]5C[C@@H](C(=O)O)C5(C)C)CC[C@]46C)[C@]3(C)CC[C@@]2(CC(=O)NCC2(NC(=O)c3ccc(Cl)cc3)CNC2)CC1=O. The van der Waals surface area contributed by atoms with Gasteiger partial charge in [-0.2, -0.15) is 0 Å². The highest BCUT2D eigenvalue weighted by molar-refractivity contribution is 6.30. The lowest BCUT2D eigenvalue weighted by molar-refractivity contribution is -0.320. The van der Waals surface area contributed by atoms with Crippen LogP contribution in [-0.4, -0.2) is 65.9 Å². The van der Waals surface area contributed by atoms with E-state index < -0.39 is 28.3 Å². The Morgan fingerprint density at radius 2 is 1.50 bits per heavy atom. The van der Waals surface area contributed by atoms with Gasteiger partial charge in [0.2, 0.25) is 5.91 Å². The van der Waals surface area contributed by atoms with Crippen molar-refractivity contribution in [1.82, 2.24) is 16.0 Å². The number of Topliss-reactive ketones (excluding diaryl/α,β-unsaturated/α-hetero) is 1. The van der Waals surface area contributed by atoms with E-state index in [9.17, 15) is 29.1 Å². The highest BCUT2D eigenvalue weighted by atomic mass is 35.5. The minimum absolute atomic E-state index is 0.0266. The molecule has 11 atom stereocenters. The summed E-state index contributed by atoms with van der Waals surface area (Å²) in [4.78, 5) is 67.4. The largest absolute Gasteiger partial charge is 0.481 e. The Labute approximate surface area is 373 Å². The number of carbonyl (C=O) groups is 5. The van der Waals surface area contributed by atoms with Crippen molar-refractivity contribution >= 4 is 41.1 Å². The van der Waals surface area contributed by atoms with Crippen LogP contribution in [0.25, 0.3) is 0 Å². The minimum atomic E-state index is -0.832. The summed E-state index contributed by atoms with van der Waals surface area (Å²) in [6, 6.07) is 6.81. The van der Waals surface area contributed by atoms with Gasteiger partial charge in [-0.15, -0.1) is 0 Å². The molecule has 1 saturated heterocycles. The fourth-order valence-corrected chi connectivity index (χ4v) is 16.7. The highest BCUT2D eigenvalue weighted by Gasteiger charge is 2.78. The minimum Gasteiger partial charge on any atom is -0.481 e. The molecule has 338 valence electrons. The predicted octanol–water partition coefficient (Wildman–Crippen LogP) is 8.70. The molecule has 1 aromatic carbocycles. The number of amides is 2. The molecule has 7 aliphatic carbocycles. The number of fused-ring (bicyclic) bond motifs is 6. The Balaban J connectivity index is 0.936. The topological polar surface area (TPSA) is 151 Å². The summed E-state index contributed by atoms with van der Waals surface area (Å²) >= 11 is 6.06. The van der Waals surface area contributed by atoms with Crippen LogP contribution in [0.5, 0.6) is 0 Å². The maximum absolute atomic E-state index is 14.3. The number of hydrogen-bond acceptors (Lipinski definition) is 7. The van der Waals surface area contributed by atoms with Crippen LogP contribution in [0.15, 0.2) is 35.4 Å². The number of carboxylic acid groups (broad SMARTS) is 1. The van der Waals surface area contributed by atoms with E-state index in [1.54, 1.807) is 24.3 Å². The molecule has 1 unspecified atom stereocenters. The van der Waals surface area contributed by atoms with Gasteiger partial charge in [0.1, 0.15) is 6.10 Å². The summed E-state index contributed by atoms with van der Waals surface area (Å²) < 4.78 is 6.54. The van der Waals surface area contributed by atoms with Gasteiger partial charge in [-0.05, 0) is 145 Å². The lowest BCUT2D eigenvalue weighted by Crippen LogP contribution is -2.74. The third kappa shape index (κ3) is 5.91. The van der Waals surface area contributed by atoms with Crippen molar-refractivity contribution in [2.45, 2.75) is 151 Å². The van der Waals surface area contributed by atoms with Crippen LogP contribution in [0.4, 0.5) is 0 Å². The first-order chi connectivity index (χ1) is 29.0. The second-order valence-corrected chi connectivity index (χ2v) is 24.0. The summed E-state index contributed by atoms with van der Waals surface area (Å²) in [5, 5.41) is 20.0. The second-order valence-electron chi connectivity index (χ2n) is 23.6. The van der Waals surface area contributed by atoms with Crippen molar-refractivity contribution in [3.8, 4) is 0 Å². The molecular formula is C51H70ClN3O7. The number of allylic oxidation sites excluding steroid dienone is 2. The van der Waals surface area contributed by atoms with Crippen LogP contribution in [0, 0.1) is 67.5 Å². The first kappa shape index (κ1) is 44.0. The standard InChI is InChI=1S/C51H70ClN3O7/c1-29(2)39-35(56)24-49(25-38(57)54-28-50(26-53-27-50)55-41(58)30-9-11-31(52)12-10-30)20-17-45(5)32(40(39)49)13-14-36-46(45,6)18-21-51-22-19-48(51,8)37(15-16-47(36,51)7)62-43(61)34-23-33(42(59)60)44(34,3)4/h9-12,29,32-34,36-37,53H,13-28H2,1-8H3,(H,54,57)(H,55,58)(H,59,60)/t32-,33+,34-,36+,37+,45-,46?,47-,48-,49+,51+/m1/s1. The summed E-state index contributed by atoms with van der Waals surface area (Å²) in [5.41, 5.74) is 1.06. The molecule has 8 aliphatic rings. The smallest absolute Gasteiger partial charge is 0.309 e. The van der Waals surface area contributed by atoms with Crippen molar-refractivity contribution in [2.75, 3.05) is 19.6 Å². The van der Waals surface area contributed by atoms with Gasteiger partial charge in [0.25, 0.3) is 5.91 Å². The number of rotatable bonds is 10. The molecule has 1 aromatic rings. The van der Waals surface area contributed by atoms with Crippen molar-refractivity contribution in [3.05, 3.63) is 46.0 Å².